The summed E-state index contributed by atoms with van der Waals surface area (Å²) in [7, 11) is 1.97. The van der Waals surface area contributed by atoms with E-state index >= 15 is 0 Å². The molecule has 0 radical (unpaired) electrons. The van der Waals surface area contributed by atoms with Crippen LogP contribution >= 0.6 is 31.8 Å². The molecule has 0 atom stereocenters. The third-order valence-corrected chi connectivity index (χ3v) is 17.6. The van der Waals surface area contributed by atoms with Crippen molar-refractivity contribution in [2.75, 3.05) is 14.2 Å². The van der Waals surface area contributed by atoms with Crippen LogP contribution in [0.1, 0.15) is 62.5 Å². The van der Waals surface area contributed by atoms with Crippen molar-refractivity contribution in [2.45, 2.75) is 75.1 Å². The summed E-state index contributed by atoms with van der Waals surface area (Å²) >= 11 is 3.40. The molecule has 2 aliphatic rings. The van der Waals surface area contributed by atoms with Crippen molar-refractivity contribution in [3.63, 3.8) is 0 Å². The Hall–Kier alpha value is -5.38. The van der Waals surface area contributed by atoms with Gasteiger partial charge >= 0.3 is 11.9 Å². The second-order valence-corrected chi connectivity index (χ2v) is 22.4. The lowest BCUT2D eigenvalue weighted by molar-refractivity contribution is -0.158. The molecule has 0 N–H and O–H groups in total. The van der Waals surface area contributed by atoms with E-state index in [2.05, 4.69) is 209 Å². The average molecular weight is 980 g/mol. The lowest BCUT2D eigenvalue weighted by Gasteiger charge is -2.28. The fourth-order valence-electron chi connectivity index (χ4n) is 8.28. The molecule has 0 bridgehead atoms. The number of alkyl halides is 1. The first-order valence-electron chi connectivity index (χ1n) is 22.7. The molecular weight excluding hydrogens is 918 g/mol. The summed E-state index contributed by atoms with van der Waals surface area (Å²) in [6, 6.07) is 70.7. The molecule has 0 heterocycles. The van der Waals surface area contributed by atoms with E-state index < -0.39 is 21.4 Å². The Bertz CT molecular complexity index is 2190. The fourth-order valence-corrected chi connectivity index (χ4v) is 13.6. The summed E-state index contributed by atoms with van der Waals surface area (Å²) in [6.07, 6.45) is 7.60. The Labute approximate surface area is 403 Å². The number of aryl methyl sites for hydroxylation is 2. The zero-order chi connectivity index (χ0) is 46.6. The van der Waals surface area contributed by atoms with Crippen molar-refractivity contribution < 1.29 is 23.8 Å². The maximum atomic E-state index is 12.0. The van der Waals surface area contributed by atoms with Crippen LogP contribution < -0.4 is 36.6 Å². The minimum Gasteiger partial charge on any atom is -0.475 e. The van der Waals surface area contributed by atoms with Crippen LogP contribution in [0.4, 0.5) is 0 Å². The molecule has 2 saturated carbocycles. The van der Waals surface area contributed by atoms with E-state index in [9.17, 15) is 9.59 Å². The highest BCUT2D eigenvalue weighted by Crippen LogP contribution is 2.39. The van der Waals surface area contributed by atoms with Crippen molar-refractivity contribution in [3.8, 4) is 5.75 Å². The van der Waals surface area contributed by atoms with Crippen molar-refractivity contribution >= 4 is 75.5 Å². The predicted octanol–water partition coefficient (Wildman–Crippen LogP) is 11.9. The number of benzene rings is 7. The van der Waals surface area contributed by atoms with E-state index in [0.29, 0.717) is 0 Å². The highest BCUT2D eigenvalue weighted by molar-refractivity contribution is 9.10. The van der Waals surface area contributed by atoms with Crippen LogP contribution in [0, 0.1) is 13.8 Å². The molecule has 7 aromatic carbocycles. The number of carbonyl (C=O) groups excluding carboxylic acids is 2. The van der Waals surface area contributed by atoms with Gasteiger partial charge in [-0.2, -0.15) is 0 Å². The molecule has 0 saturated heterocycles. The zero-order valence-corrected chi connectivity index (χ0v) is 41.9. The minimum atomic E-state index is -0.769. The molecule has 7 aromatic rings. The van der Waals surface area contributed by atoms with Crippen LogP contribution in [0.25, 0.3) is 0 Å². The largest absolute Gasteiger partial charge is 0.475 e. The first kappa shape index (κ1) is 50.0. The molecule has 0 unspecified atom stereocenters. The molecule has 340 valence electrons. The van der Waals surface area contributed by atoms with Gasteiger partial charge < -0.3 is 14.2 Å². The van der Waals surface area contributed by atoms with E-state index in [1.807, 2.05) is 26.0 Å². The SMILES string of the molecule is COC(=O)C1(Br)CCCC1.COC(=O)C1(Oc2ccc(C)cc2C)CCCC1.c1ccc(P(c2ccccc2)c2ccccc2)cc1.c1ccc(P(c2ccccc2)c2ccccc2)cc1. The van der Waals surface area contributed by atoms with Crippen molar-refractivity contribution in [2.24, 2.45) is 0 Å². The number of hydrogen-bond acceptors (Lipinski definition) is 5. The number of carbonyl (C=O) groups is 2. The predicted molar refractivity (Wildman–Crippen MR) is 282 cm³/mol. The minimum absolute atomic E-state index is 0.120. The Kier molecular flexibility index (Phi) is 19.3. The summed E-state index contributed by atoms with van der Waals surface area (Å²) < 4.78 is 15.2. The molecule has 8 heteroatoms. The normalized spacial score (nSPS) is 14.3. The zero-order valence-electron chi connectivity index (χ0n) is 38.5. The molecule has 66 heavy (non-hydrogen) atoms. The van der Waals surface area contributed by atoms with Gasteiger partial charge in [-0.1, -0.05) is 228 Å². The Balaban J connectivity index is 0.000000149. The lowest BCUT2D eigenvalue weighted by Crippen LogP contribution is -2.42. The van der Waals surface area contributed by atoms with Crippen LogP contribution in [-0.2, 0) is 19.1 Å². The maximum Gasteiger partial charge on any atom is 0.350 e. The van der Waals surface area contributed by atoms with E-state index in [0.717, 1.165) is 62.7 Å². The Morgan fingerprint density at radius 1 is 0.439 bits per heavy atom. The van der Waals surface area contributed by atoms with Gasteiger partial charge in [0.15, 0.2) is 0 Å². The van der Waals surface area contributed by atoms with Gasteiger partial charge in [-0.15, -0.1) is 0 Å². The van der Waals surface area contributed by atoms with E-state index in [4.69, 9.17) is 9.47 Å². The summed E-state index contributed by atoms with van der Waals surface area (Å²) in [5.41, 5.74) is 1.48. The standard InChI is InChI=1S/2C18H15P.C15H20O3.C7H11BrO2/c2*1-4-10-16(11-5-1)19(17-12-6-2-7-13-17)18-14-8-3-9-15-18;1-11-6-7-13(12(2)10-11)18-15(14(16)17-3)8-4-5-9-15;1-10-6(9)7(8)4-2-3-5-7/h2*1-15H;6-7,10H,4-5,8-9H2,1-3H3;2-5H2,1H3. The van der Waals surface area contributed by atoms with Crippen molar-refractivity contribution in [3.05, 3.63) is 211 Å². The summed E-state index contributed by atoms with van der Waals surface area (Å²) in [5.74, 6) is 0.415. The van der Waals surface area contributed by atoms with Gasteiger partial charge in [-0.25, -0.2) is 4.79 Å². The third-order valence-electron chi connectivity index (χ3n) is 11.6. The van der Waals surface area contributed by atoms with Gasteiger partial charge in [0.2, 0.25) is 5.60 Å². The van der Waals surface area contributed by atoms with Gasteiger partial charge in [0.05, 0.1) is 14.2 Å². The molecule has 2 aliphatic carbocycles. The van der Waals surface area contributed by atoms with Crippen molar-refractivity contribution in [1.29, 1.82) is 0 Å². The molecule has 0 aromatic heterocycles. The van der Waals surface area contributed by atoms with E-state index in [-0.39, 0.29) is 16.3 Å². The Morgan fingerprint density at radius 3 is 1.03 bits per heavy atom. The van der Waals surface area contributed by atoms with Gasteiger partial charge in [0.1, 0.15) is 10.1 Å². The maximum absolute atomic E-state index is 12.0. The summed E-state index contributed by atoms with van der Waals surface area (Å²) in [4.78, 5) is 23.0. The molecular formula is C58H61BrO5P2. The van der Waals surface area contributed by atoms with E-state index in [1.54, 1.807) is 0 Å². The molecule has 2 fully saturated rings. The number of methoxy groups -OCH3 is 2. The monoisotopic (exact) mass is 978 g/mol. The van der Waals surface area contributed by atoms with Crippen LogP contribution in [-0.4, -0.2) is 36.1 Å². The number of esters is 2. The molecule has 0 amide bonds. The van der Waals surface area contributed by atoms with Crippen LogP contribution in [0.2, 0.25) is 0 Å². The summed E-state index contributed by atoms with van der Waals surface area (Å²) in [6.45, 7) is 4.05. The topological polar surface area (TPSA) is 61.8 Å². The first-order chi connectivity index (χ1) is 32.2. The van der Waals surface area contributed by atoms with Crippen molar-refractivity contribution in [1.82, 2.24) is 0 Å². The number of ether oxygens (including phenoxy) is 3. The second-order valence-electron chi connectivity index (χ2n) is 16.4. The van der Waals surface area contributed by atoms with Crippen LogP contribution in [0.3, 0.4) is 0 Å². The van der Waals surface area contributed by atoms with E-state index in [1.165, 1.54) is 51.6 Å². The quantitative estimate of drug-likeness (QED) is 0.0776. The van der Waals surface area contributed by atoms with Gasteiger partial charge in [0.25, 0.3) is 0 Å². The molecule has 9 rings (SSSR count). The van der Waals surface area contributed by atoms with Crippen LogP contribution in [0.15, 0.2) is 200 Å². The first-order valence-corrected chi connectivity index (χ1v) is 26.2. The number of halogens is 1. The highest BCUT2D eigenvalue weighted by atomic mass is 79.9. The average Bonchev–Trinajstić information content (AvgIpc) is 4.05. The smallest absolute Gasteiger partial charge is 0.350 e. The fraction of sp³-hybridized carbons (Fsp3) is 0.241. The number of hydrogen-bond donors (Lipinski definition) is 0. The highest BCUT2D eigenvalue weighted by Gasteiger charge is 2.45. The lowest BCUT2D eigenvalue weighted by atomic mass is 10.0. The molecule has 5 nitrogen and oxygen atoms in total. The van der Waals surface area contributed by atoms with Gasteiger partial charge in [-0.05, 0) is 112 Å². The Morgan fingerprint density at radius 2 is 0.742 bits per heavy atom. The van der Waals surface area contributed by atoms with Crippen LogP contribution in [0.5, 0.6) is 5.75 Å². The number of rotatable bonds is 10. The van der Waals surface area contributed by atoms with Gasteiger partial charge in [0, 0.05) is 0 Å². The third kappa shape index (κ3) is 13.8. The molecule has 0 aliphatic heterocycles. The second kappa shape index (κ2) is 25.5. The van der Waals surface area contributed by atoms with Gasteiger partial charge in [-0.3, -0.25) is 4.79 Å². The summed E-state index contributed by atoms with van der Waals surface area (Å²) in [5, 5.41) is 8.39. The molecule has 0 spiro atoms.